The monoisotopic (exact) mass is 268 g/mol. The van der Waals surface area contributed by atoms with E-state index in [0.29, 0.717) is 5.57 Å². The number of benzene rings is 1. The molecule has 0 saturated heterocycles. The molecule has 0 aliphatic carbocycles. The Hall–Kier alpha value is -0.280. The van der Waals surface area contributed by atoms with Gasteiger partial charge in [0.1, 0.15) is 5.82 Å². The van der Waals surface area contributed by atoms with Crippen LogP contribution in [-0.4, -0.2) is 11.7 Å². The molecule has 0 radical (unpaired) electrons. The lowest BCUT2D eigenvalue weighted by molar-refractivity contribution is 0.332. The van der Waals surface area contributed by atoms with Gasteiger partial charge in [-0.1, -0.05) is 34.8 Å². The van der Waals surface area contributed by atoms with Crippen molar-refractivity contribution in [3.05, 3.63) is 39.1 Å². The summed E-state index contributed by atoms with van der Waals surface area (Å²) < 4.78 is 13.4. The smallest absolute Gasteiger partial charge is 0.133 e. The van der Waals surface area contributed by atoms with Crippen LogP contribution in [-0.2, 0) is 0 Å². The number of rotatable bonds is 2. The minimum absolute atomic E-state index is 0.129. The van der Waals surface area contributed by atoms with Crippen LogP contribution in [0.25, 0.3) is 5.03 Å². The molecule has 0 aromatic heterocycles. The minimum atomic E-state index is -0.567. The van der Waals surface area contributed by atoms with Gasteiger partial charge in [-0.2, -0.15) is 0 Å². The average Bonchev–Trinajstić information content (AvgIpc) is 2.21. The van der Waals surface area contributed by atoms with Crippen LogP contribution < -0.4 is 0 Å². The topological polar surface area (TPSA) is 20.2 Å². The normalized spacial score (nSPS) is 12.7. The Balaban J connectivity index is 3.33. The van der Waals surface area contributed by atoms with Crippen molar-refractivity contribution in [1.29, 1.82) is 0 Å². The fourth-order valence-corrected chi connectivity index (χ4v) is 1.51. The molecule has 0 saturated carbocycles. The van der Waals surface area contributed by atoms with Gasteiger partial charge in [-0.05, 0) is 24.6 Å². The molecular formula is C10H8Cl3FO. The van der Waals surface area contributed by atoms with Gasteiger partial charge in [-0.3, -0.25) is 0 Å². The zero-order valence-electron chi connectivity index (χ0n) is 7.82. The highest BCUT2D eigenvalue weighted by Gasteiger charge is 2.11. The van der Waals surface area contributed by atoms with E-state index in [0.717, 1.165) is 6.07 Å². The molecule has 1 N–H and O–H groups in total. The number of aliphatic hydroxyl groups excluding tert-OH is 1. The Kier molecular flexibility index (Phi) is 4.41. The Morgan fingerprint density at radius 3 is 2.40 bits per heavy atom. The molecule has 1 aromatic rings. The highest BCUT2D eigenvalue weighted by Crippen LogP contribution is 2.32. The second kappa shape index (κ2) is 5.17. The molecule has 1 nitrogen and oxygen atoms in total. The van der Waals surface area contributed by atoms with Crippen LogP contribution in [0.3, 0.4) is 0 Å². The van der Waals surface area contributed by atoms with Crippen molar-refractivity contribution in [3.63, 3.8) is 0 Å². The lowest BCUT2D eigenvalue weighted by Crippen LogP contribution is -1.92. The summed E-state index contributed by atoms with van der Waals surface area (Å²) in [7, 11) is 0. The average molecular weight is 270 g/mol. The predicted octanol–water partition coefficient (Wildman–Crippen LogP) is 4.09. The highest BCUT2D eigenvalue weighted by molar-refractivity contribution is 6.49. The number of halogens is 4. The maximum absolute atomic E-state index is 13.4. The molecule has 0 amide bonds. The van der Waals surface area contributed by atoms with Crippen LogP contribution in [0.5, 0.6) is 0 Å². The molecule has 1 aromatic carbocycles. The van der Waals surface area contributed by atoms with E-state index in [2.05, 4.69) is 0 Å². The van der Waals surface area contributed by atoms with Gasteiger partial charge in [0, 0.05) is 5.56 Å². The summed E-state index contributed by atoms with van der Waals surface area (Å²) in [5.41, 5.74) is 0.603. The molecule has 0 fully saturated rings. The van der Waals surface area contributed by atoms with Crippen molar-refractivity contribution in [2.45, 2.75) is 6.92 Å². The molecule has 0 aliphatic rings. The summed E-state index contributed by atoms with van der Waals surface area (Å²) >= 11 is 17.2. The first kappa shape index (κ1) is 12.8. The third-order valence-electron chi connectivity index (χ3n) is 1.86. The van der Waals surface area contributed by atoms with Gasteiger partial charge in [0.2, 0.25) is 0 Å². The molecular weight excluding hydrogens is 261 g/mol. The predicted molar refractivity (Wildman–Crippen MR) is 62.0 cm³/mol. The molecule has 1 rings (SSSR count). The number of hydrogen-bond acceptors (Lipinski definition) is 1. The van der Waals surface area contributed by atoms with Crippen LogP contribution in [0.1, 0.15) is 12.5 Å². The van der Waals surface area contributed by atoms with Crippen molar-refractivity contribution in [1.82, 2.24) is 0 Å². The van der Waals surface area contributed by atoms with E-state index < -0.39 is 5.82 Å². The van der Waals surface area contributed by atoms with Crippen molar-refractivity contribution in [2.24, 2.45) is 0 Å². The Bertz CT molecular complexity index is 415. The van der Waals surface area contributed by atoms with E-state index >= 15 is 0 Å². The lowest BCUT2D eigenvalue weighted by Gasteiger charge is -2.06. The fraction of sp³-hybridized carbons (Fsp3) is 0.200. The zero-order chi connectivity index (χ0) is 11.6. The molecule has 0 aliphatic heterocycles. The maximum Gasteiger partial charge on any atom is 0.133 e. The van der Waals surface area contributed by atoms with E-state index in [4.69, 9.17) is 39.9 Å². The Labute approximate surface area is 102 Å². The largest absolute Gasteiger partial charge is 0.392 e. The van der Waals surface area contributed by atoms with E-state index in [1.165, 1.54) is 6.07 Å². The summed E-state index contributed by atoms with van der Waals surface area (Å²) in [6, 6.07) is 2.42. The van der Waals surface area contributed by atoms with Crippen molar-refractivity contribution in [3.8, 4) is 0 Å². The number of aliphatic hydroxyl groups is 1. The van der Waals surface area contributed by atoms with E-state index in [1.807, 2.05) is 0 Å². The SMILES string of the molecule is C/C(CO)=C(\Cl)c1cc(Cl)c(Cl)cc1F. The van der Waals surface area contributed by atoms with Gasteiger partial charge in [0.25, 0.3) is 0 Å². The Morgan fingerprint density at radius 2 is 1.87 bits per heavy atom. The van der Waals surface area contributed by atoms with Crippen molar-refractivity contribution >= 4 is 39.8 Å². The number of hydrogen-bond donors (Lipinski definition) is 1. The molecule has 0 unspecified atom stereocenters. The van der Waals surface area contributed by atoms with E-state index in [9.17, 15) is 4.39 Å². The van der Waals surface area contributed by atoms with Gasteiger partial charge >= 0.3 is 0 Å². The molecule has 15 heavy (non-hydrogen) atoms. The summed E-state index contributed by atoms with van der Waals surface area (Å²) in [4.78, 5) is 0. The van der Waals surface area contributed by atoms with E-state index in [-0.39, 0.29) is 27.2 Å². The van der Waals surface area contributed by atoms with Crippen LogP contribution in [0.4, 0.5) is 4.39 Å². The summed E-state index contributed by atoms with van der Waals surface area (Å²) in [5.74, 6) is -0.567. The lowest BCUT2D eigenvalue weighted by atomic mass is 10.1. The second-order valence-electron chi connectivity index (χ2n) is 3.00. The standard InChI is InChI=1S/C10H8Cl3FO/c1-5(4-15)10(13)6-2-7(11)8(12)3-9(6)14/h2-3,15H,4H2,1H3/b10-5+. The first-order valence-corrected chi connectivity index (χ1v) is 5.21. The molecule has 0 atom stereocenters. The van der Waals surface area contributed by atoms with Gasteiger partial charge in [0.05, 0.1) is 21.7 Å². The first-order chi connectivity index (χ1) is 6.97. The maximum atomic E-state index is 13.4. The van der Waals surface area contributed by atoms with Crippen LogP contribution in [0, 0.1) is 5.82 Å². The van der Waals surface area contributed by atoms with Crippen LogP contribution in [0.2, 0.25) is 10.0 Å². The first-order valence-electron chi connectivity index (χ1n) is 4.08. The Morgan fingerprint density at radius 1 is 1.33 bits per heavy atom. The third kappa shape index (κ3) is 2.85. The van der Waals surface area contributed by atoms with Crippen LogP contribution >= 0.6 is 34.8 Å². The minimum Gasteiger partial charge on any atom is -0.392 e. The van der Waals surface area contributed by atoms with Gasteiger partial charge in [-0.15, -0.1) is 0 Å². The zero-order valence-corrected chi connectivity index (χ0v) is 10.1. The fourth-order valence-electron chi connectivity index (χ4n) is 0.990. The van der Waals surface area contributed by atoms with Crippen molar-refractivity contribution in [2.75, 3.05) is 6.61 Å². The molecule has 82 valence electrons. The van der Waals surface area contributed by atoms with E-state index in [1.54, 1.807) is 6.92 Å². The van der Waals surface area contributed by atoms with Gasteiger partial charge in [0.15, 0.2) is 0 Å². The third-order valence-corrected chi connectivity index (χ3v) is 3.11. The molecule has 5 heteroatoms. The van der Waals surface area contributed by atoms with Crippen molar-refractivity contribution < 1.29 is 9.50 Å². The quantitative estimate of drug-likeness (QED) is 0.802. The highest BCUT2D eigenvalue weighted by atomic mass is 35.5. The molecule has 0 bridgehead atoms. The second-order valence-corrected chi connectivity index (χ2v) is 4.19. The van der Waals surface area contributed by atoms with Gasteiger partial charge < -0.3 is 5.11 Å². The molecule has 0 heterocycles. The summed E-state index contributed by atoms with van der Waals surface area (Å²) in [6.07, 6.45) is 0. The van der Waals surface area contributed by atoms with Crippen LogP contribution in [0.15, 0.2) is 17.7 Å². The van der Waals surface area contributed by atoms with Gasteiger partial charge in [-0.25, -0.2) is 4.39 Å². The summed E-state index contributed by atoms with van der Waals surface area (Å²) in [5, 5.41) is 9.35. The molecule has 0 spiro atoms. The summed E-state index contributed by atoms with van der Waals surface area (Å²) in [6.45, 7) is 1.36.